The number of fused-ring (bicyclic) bond motifs is 4. The second-order valence-corrected chi connectivity index (χ2v) is 7.33. The number of carbonyl (C=O) groups is 1. The molecule has 0 radical (unpaired) electrons. The van der Waals surface area contributed by atoms with Crippen molar-refractivity contribution in [1.82, 2.24) is 0 Å². The van der Waals surface area contributed by atoms with Crippen LogP contribution in [-0.4, -0.2) is 23.4 Å². The molecule has 6 heteroatoms. The van der Waals surface area contributed by atoms with Gasteiger partial charge in [-0.1, -0.05) is 29.8 Å². The number of anilines is 2. The fourth-order valence-corrected chi connectivity index (χ4v) is 4.32. The molecule has 1 aliphatic carbocycles. The first-order valence-electron chi connectivity index (χ1n) is 8.82. The highest BCUT2D eigenvalue weighted by atomic mass is 35.5. The molecule has 1 amide bonds. The van der Waals surface area contributed by atoms with Crippen LogP contribution in [0.3, 0.4) is 0 Å². The van der Waals surface area contributed by atoms with E-state index in [4.69, 9.17) is 11.6 Å². The highest BCUT2D eigenvalue weighted by molar-refractivity contribution is 6.53. The van der Waals surface area contributed by atoms with Crippen LogP contribution >= 0.6 is 11.6 Å². The number of carbonyl (C=O) groups excluding carboxylic acids is 1. The van der Waals surface area contributed by atoms with Crippen molar-refractivity contribution >= 4 is 40.3 Å². The van der Waals surface area contributed by atoms with Gasteiger partial charge in [0.15, 0.2) is 5.71 Å². The third-order valence-corrected chi connectivity index (χ3v) is 5.59. The summed E-state index contributed by atoms with van der Waals surface area (Å²) in [6.07, 6.45) is 3.04. The van der Waals surface area contributed by atoms with Crippen LogP contribution in [0.4, 0.5) is 11.4 Å². The Bertz CT molecular complexity index is 982. The van der Waals surface area contributed by atoms with E-state index >= 15 is 0 Å². The van der Waals surface area contributed by atoms with Gasteiger partial charge in [-0.05, 0) is 49.1 Å². The van der Waals surface area contributed by atoms with E-state index in [2.05, 4.69) is 20.8 Å². The summed E-state index contributed by atoms with van der Waals surface area (Å²) in [5, 5.41) is 16.0. The molecule has 130 valence electrons. The molecule has 5 rings (SSSR count). The van der Waals surface area contributed by atoms with E-state index in [1.807, 2.05) is 42.5 Å². The molecule has 2 atom stereocenters. The molecule has 3 aliphatic rings. The smallest absolute Gasteiger partial charge is 0.276 e. The molecule has 2 aromatic carbocycles. The van der Waals surface area contributed by atoms with E-state index in [9.17, 15) is 4.79 Å². The zero-order valence-corrected chi connectivity index (χ0v) is 14.8. The SMILES string of the molecule is O=C1Nc2ccccc2/C1=N/N=C1\CCCC2c3cc(Cl)ccc3NC12. The highest BCUT2D eigenvalue weighted by Crippen LogP contribution is 2.43. The van der Waals surface area contributed by atoms with Crippen LogP contribution in [-0.2, 0) is 4.79 Å². The minimum atomic E-state index is -0.197. The second kappa shape index (κ2) is 5.95. The summed E-state index contributed by atoms with van der Waals surface area (Å²) < 4.78 is 0. The van der Waals surface area contributed by atoms with Gasteiger partial charge in [-0.3, -0.25) is 4.79 Å². The Morgan fingerprint density at radius 1 is 1.08 bits per heavy atom. The van der Waals surface area contributed by atoms with Crippen molar-refractivity contribution in [2.24, 2.45) is 10.2 Å². The van der Waals surface area contributed by atoms with Crippen LogP contribution in [0.25, 0.3) is 0 Å². The Morgan fingerprint density at radius 2 is 1.96 bits per heavy atom. The summed E-state index contributed by atoms with van der Waals surface area (Å²) in [5.74, 6) is 0.165. The molecule has 0 aromatic heterocycles. The predicted octanol–water partition coefficient (Wildman–Crippen LogP) is 4.20. The number of rotatable bonds is 1. The van der Waals surface area contributed by atoms with Crippen LogP contribution in [0.5, 0.6) is 0 Å². The van der Waals surface area contributed by atoms with E-state index < -0.39 is 0 Å². The normalized spacial score (nSPS) is 26.3. The summed E-state index contributed by atoms with van der Waals surface area (Å²) in [6, 6.07) is 13.7. The van der Waals surface area contributed by atoms with Crippen LogP contribution in [0.1, 0.15) is 36.3 Å². The van der Waals surface area contributed by atoms with Crippen LogP contribution in [0, 0.1) is 0 Å². The van der Waals surface area contributed by atoms with Crippen molar-refractivity contribution in [3.8, 4) is 0 Å². The van der Waals surface area contributed by atoms with Crippen LogP contribution in [0.15, 0.2) is 52.7 Å². The summed E-state index contributed by atoms with van der Waals surface area (Å²) >= 11 is 6.18. The van der Waals surface area contributed by atoms with Gasteiger partial charge in [0.25, 0.3) is 5.91 Å². The van der Waals surface area contributed by atoms with Gasteiger partial charge in [0.05, 0.1) is 17.4 Å². The number of nitrogens with zero attached hydrogens (tertiary/aromatic N) is 2. The maximum Gasteiger partial charge on any atom is 0.276 e. The Morgan fingerprint density at radius 3 is 2.88 bits per heavy atom. The Labute approximate surface area is 156 Å². The van der Waals surface area contributed by atoms with Gasteiger partial charge in [-0.15, -0.1) is 5.10 Å². The summed E-state index contributed by atoms with van der Waals surface area (Å²) in [4.78, 5) is 12.2. The quantitative estimate of drug-likeness (QED) is 0.745. The largest absolute Gasteiger partial charge is 0.376 e. The van der Waals surface area contributed by atoms with Crippen molar-refractivity contribution in [3.05, 3.63) is 58.6 Å². The Kier molecular flexibility index (Phi) is 3.57. The van der Waals surface area contributed by atoms with Crippen molar-refractivity contribution in [3.63, 3.8) is 0 Å². The van der Waals surface area contributed by atoms with Crippen molar-refractivity contribution in [2.75, 3.05) is 10.6 Å². The van der Waals surface area contributed by atoms with Gasteiger partial charge >= 0.3 is 0 Å². The molecule has 0 bridgehead atoms. The highest BCUT2D eigenvalue weighted by Gasteiger charge is 2.38. The molecule has 2 N–H and O–H groups in total. The molecule has 26 heavy (non-hydrogen) atoms. The lowest BCUT2D eigenvalue weighted by Gasteiger charge is -2.26. The van der Waals surface area contributed by atoms with E-state index in [0.717, 1.165) is 46.9 Å². The lowest BCUT2D eigenvalue weighted by molar-refractivity contribution is -0.110. The van der Waals surface area contributed by atoms with Crippen molar-refractivity contribution in [1.29, 1.82) is 0 Å². The minimum absolute atomic E-state index is 0.126. The first-order chi connectivity index (χ1) is 12.7. The fourth-order valence-electron chi connectivity index (χ4n) is 4.14. The topological polar surface area (TPSA) is 65.8 Å². The molecule has 2 aromatic rings. The molecule has 1 fully saturated rings. The number of hydrogen-bond donors (Lipinski definition) is 2. The molecule has 0 saturated heterocycles. The van der Waals surface area contributed by atoms with Gasteiger partial charge in [0, 0.05) is 22.2 Å². The van der Waals surface area contributed by atoms with Crippen molar-refractivity contribution < 1.29 is 4.79 Å². The van der Waals surface area contributed by atoms with E-state index in [0.29, 0.717) is 11.6 Å². The number of nitrogens with one attached hydrogen (secondary N) is 2. The molecule has 2 aliphatic heterocycles. The Balaban J connectivity index is 1.49. The number of halogens is 1. The van der Waals surface area contributed by atoms with Crippen molar-refractivity contribution in [2.45, 2.75) is 31.2 Å². The molecular formula is C20H17ClN4O. The number of benzene rings is 2. The lowest BCUT2D eigenvalue weighted by Crippen LogP contribution is -2.34. The minimum Gasteiger partial charge on any atom is -0.376 e. The predicted molar refractivity (Wildman–Crippen MR) is 104 cm³/mol. The first-order valence-corrected chi connectivity index (χ1v) is 9.19. The maximum atomic E-state index is 12.2. The van der Waals surface area contributed by atoms with E-state index in [1.54, 1.807) is 0 Å². The van der Waals surface area contributed by atoms with Gasteiger partial charge in [0.1, 0.15) is 0 Å². The van der Waals surface area contributed by atoms with Crippen LogP contribution in [0.2, 0.25) is 5.02 Å². The zero-order valence-electron chi connectivity index (χ0n) is 14.0. The van der Waals surface area contributed by atoms with Crippen LogP contribution < -0.4 is 10.6 Å². The van der Waals surface area contributed by atoms with E-state index in [-0.39, 0.29) is 11.9 Å². The first kappa shape index (κ1) is 15.6. The molecule has 5 nitrogen and oxygen atoms in total. The molecule has 2 unspecified atom stereocenters. The molecule has 2 heterocycles. The summed E-state index contributed by atoms with van der Waals surface area (Å²) in [6.45, 7) is 0. The van der Waals surface area contributed by atoms with Gasteiger partial charge in [-0.2, -0.15) is 5.10 Å². The molecular weight excluding hydrogens is 348 g/mol. The lowest BCUT2D eigenvalue weighted by atomic mass is 9.81. The molecule has 1 saturated carbocycles. The monoisotopic (exact) mass is 364 g/mol. The van der Waals surface area contributed by atoms with Gasteiger partial charge in [0.2, 0.25) is 0 Å². The zero-order chi connectivity index (χ0) is 17.7. The average Bonchev–Trinajstić information content (AvgIpc) is 3.17. The third kappa shape index (κ3) is 2.42. The standard InChI is InChI=1S/C20H17ClN4O/c21-11-8-9-16-14(10-11)12-5-3-7-17(18(12)22-16)24-25-19-13-4-1-2-6-15(13)23-20(19)26/h1-2,4,6,8-10,12,18,22H,3,5,7H2,(H,23,25,26)/b24-17+. The number of amides is 1. The fraction of sp³-hybridized carbons (Fsp3) is 0.250. The molecule has 0 spiro atoms. The summed E-state index contributed by atoms with van der Waals surface area (Å²) in [5.41, 5.74) is 5.36. The average molecular weight is 365 g/mol. The number of para-hydroxylation sites is 1. The maximum absolute atomic E-state index is 12.2. The number of hydrogen-bond acceptors (Lipinski definition) is 4. The summed E-state index contributed by atoms with van der Waals surface area (Å²) in [7, 11) is 0. The van der Waals surface area contributed by atoms with Gasteiger partial charge in [-0.25, -0.2) is 0 Å². The Hall–Kier alpha value is -2.66. The second-order valence-electron chi connectivity index (χ2n) is 6.89. The van der Waals surface area contributed by atoms with E-state index in [1.165, 1.54) is 5.56 Å². The van der Waals surface area contributed by atoms with Gasteiger partial charge < -0.3 is 10.6 Å². The third-order valence-electron chi connectivity index (χ3n) is 5.36.